The molecule has 0 aromatic heterocycles. The van der Waals surface area contributed by atoms with Crippen molar-refractivity contribution < 1.29 is 52.7 Å². The second kappa shape index (κ2) is 9.62. The van der Waals surface area contributed by atoms with Crippen LogP contribution in [-0.4, -0.2) is 24.7 Å². The highest BCUT2D eigenvalue weighted by Crippen LogP contribution is 2.56. The Balaban J connectivity index is 2.62. The van der Waals surface area contributed by atoms with Crippen LogP contribution in [0.15, 0.2) is 76.9 Å². The fourth-order valence-electron chi connectivity index (χ4n) is 4.28. The zero-order valence-electron chi connectivity index (χ0n) is 18.7. The van der Waals surface area contributed by atoms with Gasteiger partial charge in [-0.1, -0.05) is 30.3 Å². The standard InChI is InChI=1S/C24H16F12N2/c25-21(26,27)19(22(28,29)30)16-10-9-15(11-1-5-13(37)6-2-11)18(20(23(31,32)33)24(34,35)36)17(16)12-3-7-14(38)8-4-12/h1-9,17H,10,37-38H2. The third-order valence-electron chi connectivity index (χ3n) is 5.67. The number of nitrogens with two attached hydrogens (primary N) is 2. The van der Waals surface area contributed by atoms with Gasteiger partial charge in [-0.25, -0.2) is 0 Å². The van der Waals surface area contributed by atoms with Crippen molar-refractivity contribution in [1.29, 1.82) is 0 Å². The van der Waals surface area contributed by atoms with Crippen LogP contribution in [0.3, 0.4) is 0 Å². The monoisotopic (exact) mass is 560 g/mol. The number of halogens is 12. The molecule has 1 unspecified atom stereocenters. The first-order valence-electron chi connectivity index (χ1n) is 10.4. The molecule has 3 rings (SSSR count). The van der Waals surface area contributed by atoms with Crippen molar-refractivity contribution in [2.75, 3.05) is 11.5 Å². The predicted octanol–water partition coefficient (Wildman–Crippen LogP) is 8.26. The molecule has 0 saturated heterocycles. The molecule has 4 N–H and O–H groups in total. The molecule has 0 heterocycles. The number of hydrogen-bond acceptors (Lipinski definition) is 2. The molecule has 2 nitrogen and oxygen atoms in total. The lowest BCUT2D eigenvalue weighted by atomic mass is 9.70. The Kier molecular flexibility index (Phi) is 7.34. The first kappa shape index (κ1) is 29.0. The minimum atomic E-state index is -6.22. The first-order chi connectivity index (χ1) is 17.2. The molecule has 0 saturated carbocycles. The van der Waals surface area contributed by atoms with E-state index < -0.39 is 70.5 Å². The molecule has 0 bridgehead atoms. The minimum absolute atomic E-state index is 0.0506. The molecule has 0 aliphatic heterocycles. The molecular formula is C24H16F12N2. The molecule has 1 atom stereocenters. The van der Waals surface area contributed by atoms with Gasteiger partial charge in [-0.05, 0) is 58.5 Å². The van der Waals surface area contributed by atoms with Crippen LogP contribution in [0, 0.1) is 0 Å². The average Bonchev–Trinajstić information content (AvgIpc) is 2.72. The Morgan fingerprint density at radius 2 is 0.974 bits per heavy atom. The number of rotatable bonds is 2. The Morgan fingerprint density at radius 1 is 0.579 bits per heavy atom. The van der Waals surface area contributed by atoms with Crippen LogP contribution in [0.4, 0.5) is 64.1 Å². The number of anilines is 2. The maximum Gasteiger partial charge on any atom is 0.421 e. The van der Waals surface area contributed by atoms with Crippen molar-refractivity contribution in [1.82, 2.24) is 0 Å². The molecule has 0 amide bonds. The SMILES string of the molecule is Nc1ccc(C2=CCC(=C(C(F)(F)F)C(F)(F)F)C(c3ccc(N)cc3)C2=C(C(F)(F)F)C(F)(F)F)cc1. The highest BCUT2D eigenvalue weighted by Gasteiger charge is 2.58. The summed E-state index contributed by atoms with van der Waals surface area (Å²) >= 11 is 0. The Hall–Kier alpha value is -3.58. The van der Waals surface area contributed by atoms with Gasteiger partial charge < -0.3 is 11.5 Å². The van der Waals surface area contributed by atoms with E-state index in [1.807, 2.05) is 0 Å². The zero-order chi connectivity index (χ0) is 28.8. The lowest BCUT2D eigenvalue weighted by Crippen LogP contribution is -2.34. The number of nitrogen functional groups attached to an aromatic ring is 2. The first-order valence-corrected chi connectivity index (χ1v) is 10.4. The largest absolute Gasteiger partial charge is 0.421 e. The van der Waals surface area contributed by atoms with Crippen LogP contribution in [-0.2, 0) is 0 Å². The van der Waals surface area contributed by atoms with E-state index in [9.17, 15) is 52.7 Å². The summed E-state index contributed by atoms with van der Waals surface area (Å²) in [6.45, 7) is 0. The van der Waals surface area contributed by atoms with Crippen LogP contribution in [0.25, 0.3) is 5.57 Å². The highest BCUT2D eigenvalue weighted by atomic mass is 19.4. The summed E-state index contributed by atoms with van der Waals surface area (Å²) in [7, 11) is 0. The fourth-order valence-corrected chi connectivity index (χ4v) is 4.28. The Bertz CT molecular complexity index is 1240. The summed E-state index contributed by atoms with van der Waals surface area (Å²) in [4.78, 5) is 0. The summed E-state index contributed by atoms with van der Waals surface area (Å²) in [6, 6.07) is 7.66. The molecular weight excluding hydrogens is 544 g/mol. The summed E-state index contributed by atoms with van der Waals surface area (Å²) in [5.41, 5.74) is -0.876. The van der Waals surface area contributed by atoms with Gasteiger partial charge in [0.25, 0.3) is 0 Å². The van der Waals surface area contributed by atoms with Crippen LogP contribution in [0.5, 0.6) is 0 Å². The van der Waals surface area contributed by atoms with Gasteiger partial charge in [0.05, 0.1) is 0 Å². The summed E-state index contributed by atoms with van der Waals surface area (Å²) in [5.74, 6) is -2.75. The second-order valence-corrected chi connectivity index (χ2v) is 8.22. The lowest BCUT2D eigenvalue weighted by molar-refractivity contribution is -0.173. The molecule has 2 aromatic rings. The highest BCUT2D eigenvalue weighted by molar-refractivity contribution is 5.86. The molecule has 0 radical (unpaired) electrons. The van der Waals surface area contributed by atoms with Crippen molar-refractivity contribution in [3.8, 4) is 0 Å². The van der Waals surface area contributed by atoms with Crippen molar-refractivity contribution >= 4 is 16.9 Å². The van der Waals surface area contributed by atoms with Crippen LogP contribution in [0.1, 0.15) is 23.5 Å². The van der Waals surface area contributed by atoms with E-state index in [2.05, 4.69) is 0 Å². The molecule has 14 heteroatoms. The molecule has 2 aromatic carbocycles. The Morgan fingerprint density at radius 3 is 1.37 bits per heavy atom. The van der Waals surface area contributed by atoms with Crippen molar-refractivity contribution in [2.24, 2.45) is 0 Å². The van der Waals surface area contributed by atoms with Gasteiger partial charge in [0.1, 0.15) is 11.1 Å². The van der Waals surface area contributed by atoms with Crippen molar-refractivity contribution in [3.63, 3.8) is 0 Å². The smallest absolute Gasteiger partial charge is 0.399 e. The average molecular weight is 560 g/mol. The molecule has 0 spiro atoms. The summed E-state index contributed by atoms with van der Waals surface area (Å²) in [5, 5.41) is 0. The van der Waals surface area contributed by atoms with Crippen LogP contribution >= 0.6 is 0 Å². The van der Waals surface area contributed by atoms with Crippen molar-refractivity contribution in [3.05, 3.63) is 88.0 Å². The zero-order valence-corrected chi connectivity index (χ0v) is 18.7. The number of benzene rings is 2. The van der Waals surface area contributed by atoms with E-state index in [0.29, 0.717) is 6.08 Å². The van der Waals surface area contributed by atoms with Gasteiger partial charge in [-0.3, -0.25) is 0 Å². The maximum atomic E-state index is 14.0. The molecule has 0 fully saturated rings. The quantitative estimate of drug-likeness (QED) is 0.221. The minimum Gasteiger partial charge on any atom is -0.399 e. The topological polar surface area (TPSA) is 52.0 Å². The van der Waals surface area contributed by atoms with E-state index in [0.717, 1.165) is 48.5 Å². The third kappa shape index (κ3) is 5.94. The maximum absolute atomic E-state index is 14.0. The molecule has 206 valence electrons. The van der Waals surface area contributed by atoms with Gasteiger partial charge in [0.15, 0.2) is 0 Å². The number of allylic oxidation sites excluding steroid dienone is 6. The van der Waals surface area contributed by atoms with E-state index >= 15 is 0 Å². The van der Waals surface area contributed by atoms with E-state index in [4.69, 9.17) is 11.5 Å². The predicted molar refractivity (Wildman–Crippen MR) is 115 cm³/mol. The van der Waals surface area contributed by atoms with E-state index in [1.165, 1.54) is 0 Å². The molecule has 1 aliphatic carbocycles. The third-order valence-corrected chi connectivity index (χ3v) is 5.67. The fraction of sp³-hybridized carbons (Fsp3) is 0.250. The van der Waals surface area contributed by atoms with Crippen LogP contribution < -0.4 is 11.5 Å². The van der Waals surface area contributed by atoms with Gasteiger partial charge in [-0.2, -0.15) is 52.7 Å². The van der Waals surface area contributed by atoms with Gasteiger partial charge in [-0.15, -0.1) is 0 Å². The lowest BCUT2D eigenvalue weighted by Gasteiger charge is -2.35. The Labute approximate surface area is 206 Å². The van der Waals surface area contributed by atoms with Gasteiger partial charge >= 0.3 is 24.7 Å². The van der Waals surface area contributed by atoms with Crippen LogP contribution in [0.2, 0.25) is 0 Å². The van der Waals surface area contributed by atoms with Crippen molar-refractivity contribution in [2.45, 2.75) is 37.0 Å². The normalized spacial score (nSPS) is 17.4. The van der Waals surface area contributed by atoms with Gasteiger partial charge in [0, 0.05) is 17.3 Å². The second-order valence-electron chi connectivity index (χ2n) is 8.22. The molecule has 38 heavy (non-hydrogen) atoms. The molecule has 1 aliphatic rings. The summed E-state index contributed by atoms with van der Waals surface area (Å²) in [6.07, 6.45) is -25.5. The van der Waals surface area contributed by atoms with E-state index in [1.54, 1.807) is 0 Å². The summed E-state index contributed by atoms with van der Waals surface area (Å²) < 4.78 is 166. The van der Waals surface area contributed by atoms with E-state index in [-0.39, 0.29) is 16.9 Å². The number of alkyl halides is 12. The number of hydrogen-bond donors (Lipinski definition) is 2. The van der Waals surface area contributed by atoms with Gasteiger partial charge in [0.2, 0.25) is 0 Å².